The van der Waals surface area contributed by atoms with E-state index in [0.29, 0.717) is 11.5 Å². The molecule has 0 aromatic carbocycles. The van der Waals surface area contributed by atoms with Crippen LogP contribution in [0.5, 0.6) is 0 Å². The van der Waals surface area contributed by atoms with Gasteiger partial charge in [0.15, 0.2) is 0 Å². The molecular formula is C16H25N3O. The maximum atomic E-state index is 12.2. The fourth-order valence-electron chi connectivity index (χ4n) is 2.56. The molecule has 20 heavy (non-hydrogen) atoms. The predicted molar refractivity (Wildman–Crippen MR) is 82.1 cm³/mol. The molecule has 1 amide bonds. The van der Waals surface area contributed by atoms with Gasteiger partial charge in [0.25, 0.3) is 5.91 Å². The Bertz CT molecular complexity index is 479. The number of amides is 1. The smallest absolute Gasteiger partial charge is 0.253 e. The Morgan fingerprint density at radius 1 is 1.40 bits per heavy atom. The topological polar surface area (TPSA) is 45.2 Å². The van der Waals surface area contributed by atoms with Crippen molar-refractivity contribution in [2.75, 3.05) is 18.0 Å². The number of carbonyl (C=O) groups is 1. The van der Waals surface area contributed by atoms with Gasteiger partial charge >= 0.3 is 0 Å². The normalized spacial score (nSPS) is 19.8. The van der Waals surface area contributed by atoms with Crippen molar-refractivity contribution in [1.29, 1.82) is 0 Å². The average Bonchev–Trinajstić information content (AvgIpc) is 2.37. The molecule has 0 aliphatic carbocycles. The van der Waals surface area contributed by atoms with Crippen LogP contribution < -0.4 is 10.2 Å². The zero-order valence-corrected chi connectivity index (χ0v) is 12.9. The van der Waals surface area contributed by atoms with E-state index < -0.39 is 0 Å². The molecule has 1 aromatic rings. The summed E-state index contributed by atoms with van der Waals surface area (Å²) in [4.78, 5) is 18.8. The van der Waals surface area contributed by atoms with Crippen molar-refractivity contribution in [2.45, 2.75) is 46.1 Å². The lowest BCUT2D eigenvalue weighted by Crippen LogP contribution is -2.40. The Morgan fingerprint density at radius 3 is 2.80 bits per heavy atom. The van der Waals surface area contributed by atoms with Crippen molar-refractivity contribution in [2.24, 2.45) is 5.92 Å². The van der Waals surface area contributed by atoms with Crippen molar-refractivity contribution in [3.63, 3.8) is 0 Å². The first kappa shape index (κ1) is 14.8. The number of carbonyl (C=O) groups excluding carboxylic acids is 1. The van der Waals surface area contributed by atoms with Gasteiger partial charge in [-0.2, -0.15) is 0 Å². The Morgan fingerprint density at radius 2 is 2.15 bits per heavy atom. The number of piperidine rings is 1. The number of pyridine rings is 1. The minimum Gasteiger partial charge on any atom is -0.370 e. The van der Waals surface area contributed by atoms with Crippen LogP contribution in [-0.4, -0.2) is 29.5 Å². The summed E-state index contributed by atoms with van der Waals surface area (Å²) in [6.45, 7) is 10.3. The Kier molecular flexibility index (Phi) is 4.31. The molecular weight excluding hydrogens is 250 g/mol. The number of hydrogen-bond acceptors (Lipinski definition) is 3. The molecule has 1 saturated heterocycles. The van der Waals surface area contributed by atoms with Gasteiger partial charge in [-0.1, -0.05) is 6.92 Å². The lowest BCUT2D eigenvalue weighted by atomic mass is 10.00. The lowest BCUT2D eigenvalue weighted by molar-refractivity contribution is 0.0919. The molecule has 1 aromatic heterocycles. The first-order chi connectivity index (χ1) is 9.35. The summed E-state index contributed by atoms with van der Waals surface area (Å²) < 4.78 is 0. The third-order valence-electron chi connectivity index (χ3n) is 3.50. The van der Waals surface area contributed by atoms with E-state index in [2.05, 4.69) is 22.1 Å². The minimum atomic E-state index is -0.229. The first-order valence-corrected chi connectivity index (χ1v) is 7.38. The van der Waals surface area contributed by atoms with E-state index in [-0.39, 0.29) is 11.4 Å². The van der Waals surface area contributed by atoms with Gasteiger partial charge in [-0.25, -0.2) is 0 Å². The zero-order chi connectivity index (χ0) is 14.8. The molecule has 0 spiro atoms. The summed E-state index contributed by atoms with van der Waals surface area (Å²) in [6.07, 6.45) is 5.98. The van der Waals surface area contributed by atoms with Gasteiger partial charge in [0.1, 0.15) is 0 Å². The number of nitrogens with zero attached hydrogens (tertiary/aromatic N) is 2. The average molecular weight is 275 g/mol. The number of anilines is 1. The summed E-state index contributed by atoms with van der Waals surface area (Å²) in [6, 6.07) is 1.95. The van der Waals surface area contributed by atoms with Crippen molar-refractivity contribution in [3.8, 4) is 0 Å². The van der Waals surface area contributed by atoms with E-state index in [1.807, 2.05) is 33.0 Å². The molecule has 2 rings (SSSR count). The van der Waals surface area contributed by atoms with Gasteiger partial charge in [0, 0.05) is 24.8 Å². The van der Waals surface area contributed by atoms with Crippen LogP contribution in [0.1, 0.15) is 50.9 Å². The second-order valence-electron chi connectivity index (χ2n) is 6.83. The van der Waals surface area contributed by atoms with Crippen molar-refractivity contribution >= 4 is 11.6 Å². The fraction of sp³-hybridized carbons (Fsp3) is 0.625. The van der Waals surface area contributed by atoms with Gasteiger partial charge in [0.05, 0.1) is 17.4 Å². The van der Waals surface area contributed by atoms with Crippen LogP contribution in [0.2, 0.25) is 0 Å². The first-order valence-electron chi connectivity index (χ1n) is 7.38. The van der Waals surface area contributed by atoms with Crippen molar-refractivity contribution < 1.29 is 4.79 Å². The molecule has 2 heterocycles. The Labute approximate surface area is 121 Å². The van der Waals surface area contributed by atoms with E-state index in [4.69, 9.17) is 0 Å². The number of hydrogen-bond donors (Lipinski definition) is 1. The monoisotopic (exact) mass is 275 g/mol. The van der Waals surface area contributed by atoms with Crippen molar-refractivity contribution in [1.82, 2.24) is 10.3 Å². The molecule has 1 unspecified atom stereocenters. The summed E-state index contributed by atoms with van der Waals surface area (Å²) in [7, 11) is 0. The van der Waals surface area contributed by atoms with Crippen LogP contribution in [0.4, 0.5) is 5.69 Å². The van der Waals surface area contributed by atoms with Crippen LogP contribution >= 0.6 is 0 Å². The van der Waals surface area contributed by atoms with E-state index in [9.17, 15) is 4.79 Å². The van der Waals surface area contributed by atoms with E-state index in [1.54, 1.807) is 6.20 Å². The fourth-order valence-corrected chi connectivity index (χ4v) is 2.56. The highest BCUT2D eigenvalue weighted by Gasteiger charge is 2.19. The molecule has 0 radical (unpaired) electrons. The third-order valence-corrected chi connectivity index (χ3v) is 3.50. The van der Waals surface area contributed by atoms with Gasteiger partial charge < -0.3 is 10.2 Å². The molecule has 0 bridgehead atoms. The number of nitrogens with one attached hydrogen (secondary N) is 1. The maximum absolute atomic E-state index is 12.2. The molecule has 1 atom stereocenters. The highest BCUT2D eigenvalue weighted by atomic mass is 16.1. The summed E-state index contributed by atoms with van der Waals surface area (Å²) in [5.41, 5.74) is 1.46. The van der Waals surface area contributed by atoms with E-state index in [1.165, 1.54) is 12.8 Å². The largest absolute Gasteiger partial charge is 0.370 e. The van der Waals surface area contributed by atoms with Gasteiger partial charge in [-0.3, -0.25) is 9.78 Å². The van der Waals surface area contributed by atoms with Crippen LogP contribution in [0.25, 0.3) is 0 Å². The van der Waals surface area contributed by atoms with Gasteiger partial charge in [-0.15, -0.1) is 0 Å². The SMILES string of the molecule is CC1CCCN(c2cncc(C(=O)NC(C)(C)C)c2)C1. The van der Waals surface area contributed by atoms with E-state index in [0.717, 1.165) is 18.8 Å². The lowest BCUT2D eigenvalue weighted by Gasteiger charge is -2.32. The summed E-state index contributed by atoms with van der Waals surface area (Å²) in [5.74, 6) is 0.646. The standard InChI is InChI=1S/C16H25N3O/c1-12-6-5-7-19(11-12)14-8-13(9-17-10-14)15(20)18-16(2,3)4/h8-10,12H,5-7,11H2,1-4H3,(H,18,20). The molecule has 1 fully saturated rings. The second-order valence-corrected chi connectivity index (χ2v) is 6.83. The Balaban J connectivity index is 2.13. The zero-order valence-electron chi connectivity index (χ0n) is 12.9. The second kappa shape index (κ2) is 5.81. The molecule has 4 nitrogen and oxygen atoms in total. The number of rotatable bonds is 2. The molecule has 0 saturated carbocycles. The molecule has 4 heteroatoms. The van der Waals surface area contributed by atoms with Crippen LogP contribution in [-0.2, 0) is 0 Å². The molecule has 110 valence electrons. The van der Waals surface area contributed by atoms with Gasteiger partial charge in [-0.05, 0) is 45.6 Å². The van der Waals surface area contributed by atoms with Crippen LogP contribution in [0, 0.1) is 5.92 Å². The quantitative estimate of drug-likeness (QED) is 0.902. The Hall–Kier alpha value is -1.58. The minimum absolute atomic E-state index is 0.0584. The van der Waals surface area contributed by atoms with E-state index >= 15 is 0 Å². The number of aromatic nitrogens is 1. The predicted octanol–water partition coefficient (Wildman–Crippen LogP) is 2.85. The molecule has 1 aliphatic rings. The third kappa shape index (κ3) is 3.95. The summed E-state index contributed by atoms with van der Waals surface area (Å²) >= 11 is 0. The highest BCUT2D eigenvalue weighted by Crippen LogP contribution is 2.23. The summed E-state index contributed by atoms with van der Waals surface area (Å²) in [5, 5.41) is 2.98. The molecule has 1 aliphatic heterocycles. The van der Waals surface area contributed by atoms with Crippen LogP contribution in [0.15, 0.2) is 18.5 Å². The molecule has 1 N–H and O–H groups in total. The van der Waals surface area contributed by atoms with Gasteiger partial charge in [0.2, 0.25) is 0 Å². The maximum Gasteiger partial charge on any atom is 0.253 e. The highest BCUT2D eigenvalue weighted by molar-refractivity contribution is 5.95. The van der Waals surface area contributed by atoms with Crippen molar-refractivity contribution in [3.05, 3.63) is 24.0 Å². The van der Waals surface area contributed by atoms with Crippen LogP contribution in [0.3, 0.4) is 0 Å².